The van der Waals surface area contributed by atoms with Gasteiger partial charge in [0.15, 0.2) is 5.75 Å². The predicted octanol–water partition coefficient (Wildman–Crippen LogP) is 7.78. The Hall–Kier alpha value is -4.26. The number of benzene rings is 3. The van der Waals surface area contributed by atoms with Crippen LogP contribution < -0.4 is 4.74 Å². The molecule has 0 saturated heterocycles. The number of hydrogen-bond acceptors (Lipinski definition) is 4. The number of halogens is 1. The first-order valence-electron chi connectivity index (χ1n) is 12.2. The molecule has 0 spiro atoms. The Morgan fingerprint density at radius 3 is 2.38 bits per heavy atom. The van der Waals surface area contributed by atoms with E-state index in [1.807, 2.05) is 0 Å². The molecule has 6 nitrogen and oxygen atoms in total. The number of carbonyl (C=O) groups is 1. The molecule has 0 amide bonds. The molecule has 0 bridgehead atoms. The van der Waals surface area contributed by atoms with Crippen molar-refractivity contribution in [1.82, 2.24) is 0 Å². The van der Waals surface area contributed by atoms with Crippen molar-refractivity contribution in [2.75, 3.05) is 0 Å². The van der Waals surface area contributed by atoms with Gasteiger partial charge in [-0.2, -0.15) is 0 Å². The lowest BCUT2D eigenvalue weighted by Crippen LogP contribution is -2.27. The van der Waals surface area contributed by atoms with E-state index in [1.54, 1.807) is 54.6 Å². The second-order valence-electron chi connectivity index (χ2n) is 9.15. The Morgan fingerprint density at radius 2 is 1.73 bits per heavy atom. The SMILES string of the molecule is C=CC(Oc1ccc(/C=C/c2cc(-c3ccc(F)cc3)ccc2C(=O)O)cc1[N+](=O)[O-])C1CCCCC1. The molecular formula is C30H28FNO5. The van der Waals surface area contributed by atoms with Crippen LogP contribution in [0.1, 0.15) is 53.6 Å². The van der Waals surface area contributed by atoms with Gasteiger partial charge in [-0.3, -0.25) is 10.1 Å². The van der Waals surface area contributed by atoms with E-state index >= 15 is 0 Å². The zero-order valence-electron chi connectivity index (χ0n) is 20.3. The average molecular weight is 502 g/mol. The third-order valence-electron chi connectivity index (χ3n) is 6.70. The quantitative estimate of drug-likeness (QED) is 0.140. The van der Waals surface area contributed by atoms with E-state index in [4.69, 9.17) is 4.74 Å². The number of carboxylic acid groups (broad SMARTS) is 1. The van der Waals surface area contributed by atoms with Crippen molar-refractivity contribution in [3.8, 4) is 16.9 Å². The van der Waals surface area contributed by atoms with Crippen molar-refractivity contribution in [3.05, 3.63) is 106 Å². The van der Waals surface area contributed by atoms with E-state index in [9.17, 15) is 24.4 Å². The van der Waals surface area contributed by atoms with Gasteiger partial charge in [0.25, 0.3) is 0 Å². The number of nitro benzene ring substituents is 1. The third-order valence-corrected chi connectivity index (χ3v) is 6.70. The molecule has 0 aromatic heterocycles. The second kappa shape index (κ2) is 11.6. The molecule has 1 saturated carbocycles. The van der Waals surface area contributed by atoms with E-state index in [0.29, 0.717) is 11.1 Å². The fourth-order valence-electron chi connectivity index (χ4n) is 4.73. The van der Waals surface area contributed by atoms with Gasteiger partial charge in [0.1, 0.15) is 11.9 Å². The highest BCUT2D eigenvalue weighted by Gasteiger charge is 2.26. The highest BCUT2D eigenvalue weighted by molar-refractivity contribution is 5.94. The Morgan fingerprint density at radius 1 is 1.03 bits per heavy atom. The van der Waals surface area contributed by atoms with Gasteiger partial charge in [-0.25, -0.2) is 9.18 Å². The Labute approximate surface area is 214 Å². The summed E-state index contributed by atoms with van der Waals surface area (Å²) in [6.45, 7) is 3.87. The average Bonchev–Trinajstić information content (AvgIpc) is 2.91. The molecule has 1 fully saturated rings. The summed E-state index contributed by atoms with van der Waals surface area (Å²) in [5.74, 6) is -0.994. The topological polar surface area (TPSA) is 89.7 Å². The minimum absolute atomic E-state index is 0.0814. The van der Waals surface area contributed by atoms with Gasteiger partial charge in [-0.15, -0.1) is 0 Å². The summed E-state index contributed by atoms with van der Waals surface area (Å²) in [6.07, 6.45) is 10.1. The Bertz CT molecular complexity index is 1330. The molecule has 3 aromatic rings. The zero-order chi connectivity index (χ0) is 26.4. The predicted molar refractivity (Wildman–Crippen MR) is 142 cm³/mol. The fraction of sp³-hybridized carbons (Fsp3) is 0.233. The molecule has 1 atom stereocenters. The number of aromatic carboxylic acids is 1. The van der Waals surface area contributed by atoms with E-state index in [2.05, 4.69) is 6.58 Å². The molecule has 0 aliphatic heterocycles. The van der Waals surface area contributed by atoms with Gasteiger partial charge < -0.3 is 9.84 Å². The fourth-order valence-corrected chi connectivity index (χ4v) is 4.73. The van der Waals surface area contributed by atoms with Gasteiger partial charge in [-0.05, 0) is 71.3 Å². The molecule has 190 valence electrons. The molecule has 7 heteroatoms. The summed E-state index contributed by atoms with van der Waals surface area (Å²) in [7, 11) is 0. The number of ether oxygens (including phenoxy) is 1. The van der Waals surface area contributed by atoms with Crippen LogP contribution in [0.5, 0.6) is 5.75 Å². The second-order valence-corrected chi connectivity index (χ2v) is 9.15. The number of hydrogen-bond donors (Lipinski definition) is 1. The van der Waals surface area contributed by atoms with Crippen LogP contribution in [0.3, 0.4) is 0 Å². The van der Waals surface area contributed by atoms with E-state index < -0.39 is 10.9 Å². The number of nitrogens with zero attached hydrogens (tertiary/aromatic N) is 1. The molecule has 1 unspecified atom stereocenters. The standard InChI is InChI=1S/C30H28FNO5/c1-2-28(22-6-4-3-5-7-22)37-29-17-9-20(18-27(29)32(35)36)8-10-24-19-23(13-16-26(24)30(33)34)21-11-14-25(31)15-12-21/h2,8-19,22,28H,1,3-7H2,(H,33,34)/b10-8+. The van der Waals surface area contributed by atoms with Gasteiger partial charge in [0.2, 0.25) is 0 Å². The van der Waals surface area contributed by atoms with Crippen LogP contribution in [0, 0.1) is 21.8 Å². The minimum Gasteiger partial charge on any atom is -0.479 e. The van der Waals surface area contributed by atoms with Gasteiger partial charge in [-0.1, -0.05) is 68.3 Å². The Kier molecular flexibility index (Phi) is 8.13. The van der Waals surface area contributed by atoms with Crippen molar-refractivity contribution in [2.45, 2.75) is 38.2 Å². The largest absolute Gasteiger partial charge is 0.479 e. The van der Waals surface area contributed by atoms with Gasteiger partial charge in [0.05, 0.1) is 10.5 Å². The first-order valence-corrected chi connectivity index (χ1v) is 12.2. The van der Waals surface area contributed by atoms with Crippen LogP contribution in [0.15, 0.2) is 73.3 Å². The normalized spacial score (nSPS) is 14.8. The van der Waals surface area contributed by atoms with Crippen molar-refractivity contribution < 1.29 is 24.0 Å². The van der Waals surface area contributed by atoms with Crippen LogP contribution >= 0.6 is 0 Å². The Balaban J connectivity index is 1.62. The van der Waals surface area contributed by atoms with Crippen LogP contribution in [0.2, 0.25) is 0 Å². The molecule has 1 aliphatic rings. The lowest BCUT2D eigenvalue weighted by atomic mass is 9.85. The van der Waals surface area contributed by atoms with E-state index in [1.165, 1.54) is 30.7 Å². The van der Waals surface area contributed by atoms with Crippen LogP contribution in [0.25, 0.3) is 23.3 Å². The first kappa shape index (κ1) is 25.8. The first-order chi connectivity index (χ1) is 17.9. The number of nitro groups is 1. The van der Waals surface area contributed by atoms with Crippen LogP contribution in [-0.2, 0) is 0 Å². The van der Waals surface area contributed by atoms with Crippen LogP contribution in [-0.4, -0.2) is 22.1 Å². The number of carboxylic acids is 1. The summed E-state index contributed by atoms with van der Waals surface area (Å²) in [5.41, 5.74) is 2.32. The molecule has 3 aromatic carbocycles. The highest BCUT2D eigenvalue weighted by Crippen LogP contribution is 2.34. The summed E-state index contributed by atoms with van der Waals surface area (Å²) < 4.78 is 19.4. The van der Waals surface area contributed by atoms with E-state index in [0.717, 1.165) is 36.8 Å². The lowest BCUT2D eigenvalue weighted by Gasteiger charge is -2.28. The van der Waals surface area contributed by atoms with Crippen molar-refractivity contribution >= 4 is 23.8 Å². The lowest BCUT2D eigenvalue weighted by molar-refractivity contribution is -0.386. The van der Waals surface area contributed by atoms with Gasteiger partial charge >= 0.3 is 11.7 Å². The van der Waals surface area contributed by atoms with Crippen molar-refractivity contribution in [3.63, 3.8) is 0 Å². The highest BCUT2D eigenvalue weighted by atomic mass is 19.1. The third kappa shape index (κ3) is 6.30. The molecule has 37 heavy (non-hydrogen) atoms. The molecule has 1 aliphatic carbocycles. The minimum atomic E-state index is -1.10. The summed E-state index contributed by atoms with van der Waals surface area (Å²) in [4.78, 5) is 23.1. The number of rotatable bonds is 9. The van der Waals surface area contributed by atoms with Gasteiger partial charge in [0, 0.05) is 6.07 Å². The monoisotopic (exact) mass is 501 g/mol. The van der Waals surface area contributed by atoms with Crippen LogP contribution in [0.4, 0.5) is 10.1 Å². The summed E-state index contributed by atoms with van der Waals surface area (Å²) in [6, 6.07) is 15.4. The molecule has 4 rings (SSSR count). The maximum Gasteiger partial charge on any atom is 0.336 e. The molecular weight excluding hydrogens is 473 g/mol. The zero-order valence-corrected chi connectivity index (χ0v) is 20.3. The molecule has 0 heterocycles. The smallest absolute Gasteiger partial charge is 0.336 e. The van der Waals surface area contributed by atoms with E-state index in [-0.39, 0.29) is 34.8 Å². The maximum absolute atomic E-state index is 13.3. The summed E-state index contributed by atoms with van der Waals surface area (Å²) >= 11 is 0. The summed E-state index contributed by atoms with van der Waals surface area (Å²) in [5, 5.41) is 21.5. The van der Waals surface area contributed by atoms with Crippen molar-refractivity contribution in [1.29, 1.82) is 0 Å². The molecule has 0 radical (unpaired) electrons. The van der Waals surface area contributed by atoms with Crippen molar-refractivity contribution in [2.24, 2.45) is 5.92 Å². The molecule has 1 N–H and O–H groups in total. The maximum atomic E-state index is 13.3.